The molecule has 1 N–H and O–H groups in total. The Kier molecular flexibility index (Phi) is 6.53. The van der Waals surface area contributed by atoms with Gasteiger partial charge in [0.1, 0.15) is 5.82 Å². The van der Waals surface area contributed by atoms with E-state index < -0.39 is 0 Å². The predicted octanol–water partition coefficient (Wildman–Crippen LogP) is 3.49. The molecule has 16 heavy (non-hydrogen) atoms. The maximum Gasteiger partial charge on any atom is 0.123 e. The minimum atomic E-state index is -0.248. The molecule has 1 aromatic rings. The van der Waals surface area contributed by atoms with Gasteiger partial charge in [-0.1, -0.05) is 17.7 Å². The molecule has 1 rings (SSSR count). The van der Waals surface area contributed by atoms with E-state index in [1.807, 2.05) is 17.8 Å². The van der Waals surface area contributed by atoms with Crippen molar-refractivity contribution in [2.24, 2.45) is 0 Å². The molecule has 1 aromatic carbocycles. The summed E-state index contributed by atoms with van der Waals surface area (Å²) in [6.45, 7) is 5.13. The standard InChI is InChI=1S/C12H15ClFNS/c1-2-6-16-7-5-15-9-10-8-11(14)3-4-12(10)13/h2-4,8,15H,1,5-7,9H2. The first-order valence-corrected chi connectivity index (χ1v) is 6.60. The van der Waals surface area contributed by atoms with Crippen molar-refractivity contribution in [3.8, 4) is 0 Å². The summed E-state index contributed by atoms with van der Waals surface area (Å²) in [6, 6.07) is 4.42. The molecule has 0 aromatic heterocycles. The van der Waals surface area contributed by atoms with E-state index in [1.165, 1.54) is 12.1 Å². The van der Waals surface area contributed by atoms with E-state index in [0.717, 1.165) is 23.6 Å². The fourth-order valence-electron chi connectivity index (χ4n) is 1.21. The van der Waals surface area contributed by atoms with Gasteiger partial charge >= 0.3 is 0 Å². The summed E-state index contributed by atoms with van der Waals surface area (Å²) in [4.78, 5) is 0. The van der Waals surface area contributed by atoms with Crippen LogP contribution in [0.15, 0.2) is 30.9 Å². The van der Waals surface area contributed by atoms with Gasteiger partial charge in [-0.15, -0.1) is 6.58 Å². The molecule has 0 spiro atoms. The topological polar surface area (TPSA) is 12.0 Å². The highest BCUT2D eigenvalue weighted by Gasteiger charge is 2.01. The highest BCUT2D eigenvalue weighted by molar-refractivity contribution is 7.99. The second kappa shape index (κ2) is 7.71. The Balaban J connectivity index is 2.26. The van der Waals surface area contributed by atoms with Crippen molar-refractivity contribution in [2.45, 2.75) is 6.54 Å². The molecule has 88 valence electrons. The molecule has 0 fully saturated rings. The molecule has 0 aliphatic rings. The second-order valence-corrected chi connectivity index (χ2v) is 4.83. The molecule has 4 heteroatoms. The van der Waals surface area contributed by atoms with Gasteiger partial charge in [-0.2, -0.15) is 11.8 Å². The number of rotatable bonds is 7. The Morgan fingerprint density at radius 3 is 3.06 bits per heavy atom. The Hall–Kier alpha value is -0.510. The molecular weight excluding hydrogens is 245 g/mol. The third kappa shape index (κ3) is 5.01. The average molecular weight is 260 g/mol. The summed E-state index contributed by atoms with van der Waals surface area (Å²) >= 11 is 7.74. The van der Waals surface area contributed by atoms with Crippen LogP contribution in [0.25, 0.3) is 0 Å². The lowest BCUT2D eigenvalue weighted by Gasteiger charge is -2.06. The van der Waals surface area contributed by atoms with Crippen molar-refractivity contribution in [2.75, 3.05) is 18.1 Å². The van der Waals surface area contributed by atoms with Crippen molar-refractivity contribution in [3.63, 3.8) is 0 Å². The van der Waals surface area contributed by atoms with Gasteiger partial charge in [-0.3, -0.25) is 0 Å². The molecule has 0 saturated heterocycles. The van der Waals surface area contributed by atoms with Crippen molar-refractivity contribution in [1.82, 2.24) is 5.32 Å². The number of hydrogen-bond donors (Lipinski definition) is 1. The Labute approximate surface area is 105 Å². The van der Waals surface area contributed by atoms with Crippen LogP contribution in [0, 0.1) is 5.82 Å². The zero-order chi connectivity index (χ0) is 11.8. The van der Waals surface area contributed by atoms with Crippen LogP contribution in [-0.2, 0) is 6.54 Å². The zero-order valence-corrected chi connectivity index (χ0v) is 10.6. The molecule has 0 amide bonds. The molecule has 0 atom stereocenters. The number of thioether (sulfide) groups is 1. The molecule has 1 nitrogen and oxygen atoms in total. The lowest BCUT2D eigenvalue weighted by molar-refractivity contribution is 0.622. The van der Waals surface area contributed by atoms with Crippen LogP contribution in [0.2, 0.25) is 5.02 Å². The van der Waals surface area contributed by atoms with Crippen LogP contribution in [0.4, 0.5) is 4.39 Å². The molecule has 0 heterocycles. The summed E-state index contributed by atoms with van der Waals surface area (Å²) in [6.07, 6.45) is 1.88. The minimum absolute atomic E-state index is 0.248. The SMILES string of the molecule is C=CCSCCNCc1cc(F)ccc1Cl. The summed E-state index contributed by atoms with van der Waals surface area (Å²) in [5.74, 6) is 1.73. The largest absolute Gasteiger partial charge is 0.312 e. The smallest absolute Gasteiger partial charge is 0.123 e. The first-order chi connectivity index (χ1) is 7.74. The van der Waals surface area contributed by atoms with Crippen molar-refractivity contribution < 1.29 is 4.39 Å². The minimum Gasteiger partial charge on any atom is -0.312 e. The lowest BCUT2D eigenvalue weighted by Crippen LogP contribution is -2.17. The summed E-state index contributed by atoms with van der Waals surface area (Å²) in [5.41, 5.74) is 0.801. The van der Waals surface area contributed by atoms with Crippen molar-refractivity contribution in [1.29, 1.82) is 0 Å². The molecule has 0 radical (unpaired) electrons. The monoisotopic (exact) mass is 259 g/mol. The van der Waals surface area contributed by atoms with Crippen LogP contribution in [0.3, 0.4) is 0 Å². The number of benzene rings is 1. The summed E-state index contributed by atoms with van der Waals surface area (Å²) in [7, 11) is 0. The van der Waals surface area contributed by atoms with Gasteiger partial charge in [0.2, 0.25) is 0 Å². The van der Waals surface area contributed by atoms with Gasteiger partial charge in [-0.05, 0) is 23.8 Å². The Morgan fingerprint density at radius 1 is 1.50 bits per heavy atom. The normalized spacial score (nSPS) is 10.4. The van der Waals surface area contributed by atoms with Gasteiger partial charge in [0.05, 0.1) is 0 Å². The van der Waals surface area contributed by atoms with Crippen LogP contribution in [0.1, 0.15) is 5.56 Å². The van der Waals surface area contributed by atoms with E-state index in [1.54, 1.807) is 6.07 Å². The maximum absolute atomic E-state index is 12.9. The van der Waals surface area contributed by atoms with E-state index in [-0.39, 0.29) is 5.82 Å². The molecular formula is C12H15ClFNS. The number of halogens is 2. The molecule has 0 saturated carbocycles. The Bertz CT molecular complexity index is 344. The van der Waals surface area contributed by atoms with Crippen molar-refractivity contribution >= 4 is 23.4 Å². The van der Waals surface area contributed by atoms with Gasteiger partial charge in [0.15, 0.2) is 0 Å². The molecule has 0 aliphatic heterocycles. The highest BCUT2D eigenvalue weighted by Crippen LogP contribution is 2.16. The first-order valence-electron chi connectivity index (χ1n) is 5.07. The third-order valence-corrected chi connectivity index (χ3v) is 3.32. The van der Waals surface area contributed by atoms with E-state index >= 15 is 0 Å². The second-order valence-electron chi connectivity index (χ2n) is 3.28. The van der Waals surface area contributed by atoms with Crippen molar-refractivity contribution in [3.05, 3.63) is 47.3 Å². The van der Waals surface area contributed by atoms with Gasteiger partial charge in [0, 0.05) is 29.6 Å². The van der Waals surface area contributed by atoms with E-state index in [2.05, 4.69) is 11.9 Å². The fourth-order valence-corrected chi connectivity index (χ4v) is 2.02. The quantitative estimate of drug-likeness (QED) is 0.594. The average Bonchev–Trinajstić information content (AvgIpc) is 2.28. The summed E-state index contributed by atoms with van der Waals surface area (Å²) in [5, 5.41) is 3.83. The van der Waals surface area contributed by atoms with Gasteiger partial charge in [-0.25, -0.2) is 4.39 Å². The number of hydrogen-bond acceptors (Lipinski definition) is 2. The maximum atomic E-state index is 12.9. The summed E-state index contributed by atoms with van der Waals surface area (Å²) < 4.78 is 12.9. The van der Waals surface area contributed by atoms with Crippen LogP contribution in [0.5, 0.6) is 0 Å². The highest BCUT2D eigenvalue weighted by atomic mass is 35.5. The van der Waals surface area contributed by atoms with Gasteiger partial charge < -0.3 is 5.32 Å². The zero-order valence-electron chi connectivity index (χ0n) is 9.01. The van der Waals surface area contributed by atoms with E-state index in [9.17, 15) is 4.39 Å². The molecule has 0 aliphatic carbocycles. The van der Waals surface area contributed by atoms with Crippen LogP contribution in [-0.4, -0.2) is 18.1 Å². The number of nitrogens with one attached hydrogen (secondary N) is 1. The lowest BCUT2D eigenvalue weighted by atomic mass is 10.2. The van der Waals surface area contributed by atoms with E-state index in [4.69, 9.17) is 11.6 Å². The first kappa shape index (κ1) is 13.6. The van der Waals surface area contributed by atoms with Crippen LogP contribution < -0.4 is 5.32 Å². The van der Waals surface area contributed by atoms with E-state index in [0.29, 0.717) is 11.6 Å². The van der Waals surface area contributed by atoms with Crippen LogP contribution >= 0.6 is 23.4 Å². The molecule has 0 unspecified atom stereocenters. The third-order valence-electron chi connectivity index (χ3n) is 1.98. The predicted molar refractivity (Wildman–Crippen MR) is 70.6 cm³/mol. The van der Waals surface area contributed by atoms with Gasteiger partial charge in [0.25, 0.3) is 0 Å². The fraction of sp³-hybridized carbons (Fsp3) is 0.333. The molecule has 0 bridgehead atoms. The Morgan fingerprint density at radius 2 is 2.31 bits per heavy atom.